The van der Waals surface area contributed by atoms with E-state index in [2.05, 4.69) is 20.3 Å². The van der Waals surface area contributed by atoms with E-state index in [0.717, 1.165) is 24.9 Å². The number of nitrogens with zero attached hydrogens (tertiary/aromatic N) is 4. The van der Waals surface area contributed by atoms with E-state index in [1.54, 1.807) is 18.6 Å². The van der Waals surface area contributed by atoms with Gasteiger partial charge in [0, 0.05) is 24.8 Å². The number of amides is 1. The molecular weight excluding hydrogens is 314 g/mol. The fraction of sp³-hybridized carbons (Fsp3) is 0.250. The first kappa shape index (κ1) is 15.4. The van der Waals surface area contributed by atoms with Crippen molar-refractivity contribution in [1.82, 2.24) is 19.5 Å². The second kappa shape index (κ2) is 7.19. The molecule has 0 saturated heterocycles. The third-order valence-electron chi connectivity index (χ3n) is 3.48. The largest absolute Gasteiger partial charge is 0.331 e. The van der Waals surface area contributed by atoms with Gasteiger partial charge in [-0.3, -0.25) is 9.78 Å². The average molecular weight is 330 g/mol. The molecule has 23 heavy (non-hydrogen) atoms. The molecule has 1 aromatic carbocycles. The monoisotopic (exact) mass is 329 g/mol. The minimum Gasteiger partial charge on any atom is -0.331 e. The number of para-hydroxylation sites is 1. The molecule has 0 saturated carbocycles. The number of alkyl halides is 1. The molecule has 0 fully saturated rings. The van der Waals surface area contributed by atoms with Crippen LogP contribution in [0.1, 0.15) is 23.2 Å². The molecule has 0 unspecified atom stereocenters. The van der Waals surface area contributed by atoms with E-state index in [0.29, 0.717) is 22.8 Å². The molecule has 2 aromatic heterocycles. The number of fused-ring (bicyclic) bond motifs is 1. The number of rotatable bonds is 6. The number of benzene rings is 1. The number of imidazole rings is 1. The van der Waals surface area contributed by atoms with Crippen molar-refractivity contribution in [3.63, 3.8) is 0 Å². The van der Waals surface area contributed by atoms with Crippen LogP contribution in [0.3, 0.4) is 0 Å². The lowest BCUT2D eigenvalue weighted by molar-refractivity contribution is 0.102. The SMILES string of the molecule is O=C(Nc1cnccn1)c1cccc2c1ncn2CCCCCl. The van der Waals surface area contributed by atoms with Crippen LogP contribution < -0.4 is 5.32 Å². The Labute approximate surface area is 138 Å². The van der Waals surface area contributed by atoms with Gasteiger partial charge in [0.25, 0.3) is 5.91 Å². The van der Waals surface area contributed by atoms with E-state index in [9.17, 15) is 4.79 Å². The van der Waals surface area contributed by atoms with Crippen molar-refractivity contribution in [3.8, 4) is 0 Å². The highest BCUT2D eigenvalue weighted by Crippen LogP contribution is 2.19. The van der Waals surface area contributed by atoms with Crippen LogP contribution in [0.15, 0.2) is 43.1 Å². The van der Waals surface area contributed by atoms with Gasteiger partial charge in [-0.05, 0) is 25.0 Å². The summed E-state index contributed by atoms with van der Waals surface area (Å²) >= 11 is 5.71. The maximum Gasteiger partial charge on any atom is 0.259 e. The van der Waals surface area contributed by atoms with Gasteiger partial charge >= 0.3 is 0 Å². The van der Waals surface area contributed by atoms with Gasteiger partial charge in [-0.1, -0.05) is 6.07 Å². The van der Waals surface area contributed by atoms with Gasteiger partial charge in [-0.25, -0.2) is 9.97 Å². The molecular formula is C16H16ClN5O. The van der Waals surface area contributed by atoms with E-state index in [-0.39, 0.29) is 5.91 Å². The Bertz CT molecular complexity index is 803. The van der Waals surface area contributed by atoms with Gasteiger partial charge in [-0.2, -0.15) is 0 Å². The molecule has 0 spiro atoms. The third-order valence-corrected chi connectivity index (χ3v) is 3.75. The fourth-order valence-corrected chi connectivity index (χ4v) is 2.56. The van der Waals surface area contributed by atoms with Crippen molar-refractivity contribution in [2.75, 3.05) is 11.2 Å². The number of unbranched alkanes of at least 4 members (excludes halogenated alkanes) is 1. The number of carbonyl (C=O) groups excluding carboxylic acids is 1. The van der Waals surface area contributed by atoms with Crippen molar-refractivity contribution in [3.05, 3.63) is 48.7 Å². The molecule has 1 N–H and O–H groups in total. The number of aromatic nitrogens is 4. The van der Waals surface area contributed by atoms with Crippen molar-refractivity contribution in [2.45, 2.75) is 19.4 Å². The molecule has 0 aliphatic heterocycles. The van der Waals surface area contributed by atoms with Crippen molar-refractivity contribution < 1.29 is 4.79 Å². The van der Waals surface area contributed by atoms with Crippen LogP contribution in [0.2, 0.25) is 0 Å². The summed E-state index contributed by atoms with van der Waals surface area (Å²) in [6.45, 7) is 0.832. The lowest BCUT2D eigenvalue weighted by Gasteiger charge is -2.06. The summed E-state index contributed by atoms with van der Waals surface area (Å²) in [7, 11) is 0. The van der Waals surface area contributed by atoms with Crippen LogP contribution >= 0.6 is 11.6 Å². The van der Waals surface area contributed by atoms with Gasteiger partial charge in [0.15, 0.2) is 5.82 Å². The standard InChI is InChI=1S/C16H16ClN5O/c17-6-1-2-9-22-11-20-15-12(4-3-5-13(15)22)16(23)21-14-10-18-7-8-19-14/h3-5,7-8,10-11H,1-2,6,9H2,(H,19,21,23). The zero-order valence-electron chi connectivity index (χ0n) is 12.4. The first-order chi connectivity index (χ1) is 11.3. The molecule has 1 amide bonds. The minimum absolute atomic E-state index is 0.248. The van der Waals surface area contributed by atoms with Crippen LogP contribution in [0.25, 0.3) is 11.0 Å². The molecule has 3 aromatic rings. The highest BCUT2D eigenvalue weighted by Gasteiger charge is 2.14. The quantitative estimate of drug-likeness (QED) is 0.557. The number of halogens is 1. The lowest BCUT2D eigenvalue weighted by Crippen LogP contribution is -2.13. The zero-order chi connectivity index (χ0) is 16.1. The number of aryl methyl sites for hydroxylation is 1. The Balaban J connectivity index is 1.85. The van der Waals surface area contributed by atoms with E-state index < -0.39 is 0 Å². The third kappa shape index (κ3) is 3.48. The highest BCUT2D eigenvalue weighted by molar-refractivity contribution is 6.17. The molecule has 2 heterocycles. The smallest absolute Gasteiger partial charge is 0.259 e. The van der Waals surface area contributed by atoms with Gasteiger partial charge in [0.2, 0.25) is 0 Å². The van der Waals surface area contributed by atoms with E-state index in [1.165, 1.54) is 12.4 Å². The van der Waals surface area contributed by atoms with Gasteiger partial charge < -0.3 is 9.88 Å². The van der Waals surface area contributed by atoms with Crippen LogP contribution in [0.4, 0.5) is 5.82 Å². The predicted octanol–water partition coefficient (Wildman–Crippen LogP) is 3.10. The Hall–Kier alpha value is -2.47. The zero-order valence-corrected chi connectivity index (χ0v) is 13.2. The maximum absolute atomic E-state index is 12.5. The van der Waals surface area contributed by atoms with E-state index >= 15 is 0 Å². The molecule has 118 valence electrons. The van der Waals surface area contributed by atoms with Crippen LogP contribution in [-0.2, 0) is 6.54 Å². The topological polar surface area (TPSA) is 72.7 Å². The molecule has 0 radical (unpaired) electrons. The second-order valence-corrected chi connectivity index (χ2v) is 5.43. The van der Waals surface area contributed by atoms with Crippen molar-refractivity contribution in [1.29, 1.82) is 0 Å². The minimum atomic E-state index is -0.248. The molecule has 7 heteroatoms. The van der Waals surface area contributed by atoms with Gasteiger partial charge in [0.1, 0.15) is 5.52 Å². The number of anilines is 1. The molecule has 6 nitrogen and oxygen atoms in total. The second-order valence-electron chi connectivity index (χ2n) is 5.05. The van der Waals surface area contributed by atoms with Crippen molar-refractivity contribution >= 4 is 34.4 Å². The summed E-state index contributed by atoms with van der Waals surface area (Å²) < 4.78 is 2.04. The summed E-state index contributed by atoms with van der Waals surface area (Å²) in [6.07, 6.45) is 8.28. The number of hydrogen-bond donors (Lipinski definition) is 1. The van der Waals surface area contributed by atoms with Crippen molar-refractivity contribution in [2.24, 2.45) is 0 Å². The Kier molecular flexibility index (Phi) is 4.83. The van der Waals surface area contributed by atoms with Gasteiger partial charge in [-0.15, -0.1) is 11.6 Å². The number of nitrogens with one attached hydrogen (secondary N) is 1. The molecule has 0 aliphatic rings. The molecule has 0 bridgehead atoms. The predicted molar refractivity (Wildman–Crippen MR) is 89.7 cm³/mol. The van der Waals surface area contributed by atoms with Crippen LogP contribution in [0.5, 0.6) is 0 Å². The Morgan fingerprint density at radius 2 is 2.13 bits per heavy atom. The fourth-order valence-electron chi connectivity index (χ4n) is 2.37. The Morgan fingerprint density at radius 3 is 2.91 bits per heavy atom. The first-order valence-corrected chi connectivity index (χ1v) is 7.90. The molecule has 0 atom stereocenters. The maximum atomic E-state index is 12.5. The summed E-state index contributed by atoms with van der Waals surface area (Å²) in [5.41, 5.74) is 2.13. The van der Waals surface area contributed by atoms with E-state index in [4.69, 9.17) is 11.6 Å². The van der Waals surface area contributed by atoms with Gasteiger partial charge in [0.05, 0.1) is 23.6 Å². The highest BCUT2D eigenvalue weighted by atomic mass is 35.5. The van der Waals surface area contributed by atoms with E-state index in [1.807, 2.05) is 16.7 Å². The molecule has 0 aliphatic carbocycles. The lowest BCUT2D eigenvalue weighted by atomic mass is 10.1. The first-order valence-electron chi connectivity index (χ1n) is 7.37. The average Bonchev–Trinajstić information content (AvgIpc) is 2.99. The number of hydrogen-bond acceptors (Lipinski definition) is 4. The summed E-state index contributed by atoms with van der Waals surface area (Å²) in [5.74, 6) is 0.816. The summed E-state index contributed by atoms with van der Waals surface area (Å²) in [6, 6.07) is 5.57. The Morgan fingerprint density at radius 1 is 1.22 bits per heavy atom. The molecule has 3 rings (SSSR count). The summed E-state index contributed by atoms with van der Waals surface area (Å²) in [4.78, 5) is 24.8. The van der Waals surface area contributed by atoms with Crippen LogP contribution in [0, 0.1) is 0 Å². The number of carbonyl (C=O) groups is 1. The normalized spacial score (nSPS) is 10.8. The van der Waals surface area contributed by atoms with Crippen LogP contribution in [-0.4, -0.2) is 31.3 Å². The summed E-state index contributed by atoms with van der Waals surface area (Å²) in [5, 5.41) is 2.73.